The summed E-state index contributed by atoms with van der Waals surface area (Å²) in [5.74, 6) is -0.156. The summed E-state index contributed by atoms with van der Waals surface area (Å²) in [6.07, 6.45) is 4.23. The fourth-order valence-electron chi connectivity index (χ4n) is 1.81. The van der Waals surface area contributed by atoms with Crippen molar-refractivity contribution in [1.82, 2.24) is 9.96 Å². The van der Waals surface area contributed by atoms with Gasteiger partial charge in [-0.2, -0.15) is 0 Å². The van der Waals surface area contributed by atoms with E-state index in [2.05, 4.69) is 24.0 Å². The maximum absolute atomic E-state index is 11.8. The molecule has 0 aromatic carbocycles. The van der Waals surface area contributed by atoms with Crippen LogP contribution in [0.15, 0.2) is 12.2 Å². The van der Waals surface area contributed by atoms with Crippen molar-refractivity contribution in [3.8, 4) is 0 Å². The molecule has 1 saturated heterocycles. The monoisotopic (exact) mass is 254 g/mol. The smallest absolute Gasteiger partial charge is 0.330 e. The van der Waals surface area contributed by atoms with Gasteiger partial charge in [0.25, 0.3) is 0 Å². The second kappa shape index (κ2) is 6.34. The van der Waals surface area contributed by atoms with Gasteiger partial charge in [0.15, 0.2) is 0 Å². The number of hydroxylamine groups is 2. The third-order valence-corrected chi connectivity index (χ3v) is 3.13. The Morgan fingerprint density at radius 1 is 1.39 bits per heavy atom. The normalized spacial score (nSPS) is 23.5. The number of piperazine rings is 1. The lowest BCUT2D eigenvalue weighted by Crippen LogP contribution is -2.52. The Morgan fingerprint density at radius 2 is 2.06 bits per heavy atom. The van der Waals surface area contributed by atoms with Crippen LogP contribution in [0.2, 0.25) is 0 Å². The first-order valence-electron chi connectivity index (χ1n) is 6.67. The van der Waals surface area contributed by atoms with E-state index in [-0.39, 0.29) is 5.97 Å². The molecule has 1 atom stereocenters. The standard InChI is InChI=1S/C14H26N2O2/c1-6-7-8-15-9-10-16(11-12(15)2)18-13(17)14(3,4)5/h6-7,12H,8-11H2,1-5H3/b7-6+/t12-/m0/s1. The molecule has 0 bridgehead atoms. The van der Waals surface area contributed by atoms with Crippen LogP contribution in [0.4, 0.5) is 0 Å². The van der Waals surface area contributed by atoms with E-state index in [1.54, 1.807) is 5.06 Å². The highest BCUT2D eigenvalue weighted by atomic mass is 16.7. The first-order chi connectivity index (χ1) is 8.34. The van der Waals surface area contributed by atoms with E-state index in [0.717, 1.165) is 26.2 Å². The molecule has 1 aliphatic rings. The van der Waals surface area contributed by atoms with Crippen molar-refractivity contribution in [3.63, 3.8) is 0 Å². The number of nitrogens with zero attached hydrogens (tertiary/aromatic N) is 2. The molecule has 4 heteroatoms. The molecule has 1 aliphatic heterocycles. The summed E-state index contributed by atoms with van der Waals surface area (Å²) in [5, 5.41) is 1.80. The Kier molecular flexibility index (Phi) is 5.35. The summed E-state index contributed by atoms with van der Waals surface area (Å²) in [5.41, 5.74) is -0.439. The molecular formula is C14H26N2O2. The third kappa shape index (κ3) is 4.42. The fraction of sp³-hybridized carbons (Fsp3) is 0.786. The Balaban J connectivity index is 2.44. The zero-order valence-electron chi connectivity index (χ0n) is 12.3. The van der Waals surface area contributed by atoms with Crippen LogP contribution >= 0.6 is 0 Å². The summed E-state index contributed by atoms with van der Waals surface area (Å²) >= 11 is 0. The lowest BCUT2D eigenvalue weighted by atomic mass is 9.98. The number of hydrogen-bond acceptors (Lipinski definition) is 4. The predicted octanol–water partition coefficient (Wildman–Crippen LogP) is 2.07. The molecule has 1 heterocycles. The van der Waals surface area contributed by atoms with Crippen molar-refractivity contribution >= 4 is 5.97 Å². The van der Waals surface area contributed by atoms with E-state index in [4.69, 9.17) is 4.84 Å². The van der Waals surface area contributed by atoms with Crippen molar-refractivity contribution in [1.29, 1.82) is 0 Å². The van der Waals surface area contributed by atoms with Crippen molar-refractivity contribution in [3.05, 3.63) is 12.2 Å². The van der Waals surface area contributed by atoms with E-state index in [0.29, 0.717) is 6.04 Å². The van der Waals surface area contributed by atoms with E-state index in [1.165, 1.54) is 0 Å². The second-order valence-electron chi connectivity index (χ2n) is 5.93. The molecule has 1 fully saturated rings. The van der Waals surface area contributed by atoms with Gasteiger partial charge in [0.1, 0.15) is 0 Å². The molecule has 4 nitrogen and oxygen atoms in total. The zero-order chi connectivity index (χ0) is 13.8. The van der Waals surface area contributed by atoms with Crippen LogP contribution in [0.3, 0.4) is 0 Å². The van der Waals surface area contributed by atoms with Crippen LogP contribution in [-0.4, -0.2) is 48.2 Å². The zero-order valence-corrected chi connectivity index (χ0v) is 12.3. The minimum Gasteiger partial charge on any atom is -0.367 e. The molecule has 104 valence electrons. The summed E-state index contributed by atoms with van der Waals surface area (Å²) in [7, 11) is 0. The van der Waals surface area contributed by atoms with Crippen molar-refractivity contribution < 1.29 is 9.63 Å². The number of carbonyl (C=O) groups excluding carboxylic acids is 1. The Bertz CT molecular complexity index is 307. The van der Waals surface area contributed by atoms with E-state index in [1.807, 2.05) is 27.7 Å². The Morgan fingerprint density at radius 3 is 2.56 bits per heavy atom. The molecule has 0 N–H and O–H groups in total. The molecule has 1 rings (SSSR count). The van der Waals surface area contributed by atoms with Gasteiger partial charge in [-0.3, -0.25) is 4.90 Å². The maximum Gasteiger partial charge on any atom is 0.330 e. The molecule has 0 saturated carbocycles. The van der Waals surface area contributed by atoms with Gasteiger partial charge < -0.3 is 4.84 Å². The molecule has 0 aliphatic carbocycles. The van der Waals surface area contributed by atoms with E-state index >= 15 is 0 Å². The minimum atomic E-state index is -0.439. The topological polar surface area (TPSA) is 32.8 Å². The number of hydrogen-bond donors (Lipinski definition) is 0. The van der Waals surface area contributed by atoms with Gasteiger partial charge in [-0.25, -0.2) is 4.79 Å². The summed E-state index contributed by atoms with van der Waals surface area (Å²) < 4.78 is 0. The van der Waals surface area contributed by atoms with Crippen LogP contribution in [-0.2, 0) is 9.63 Å². The lowest BCUT2D eigenvalue weighted by molar-refractivity contribution is -0.210. The fourth-order valence-corrected chi connectivity index (χ4v) is 1.81. The highest BCUT2D eigenvalue weighted by Gasteiger charge is 2.29. The van der Waals surface area contributed by atoms with Crippen LogP contribution < -0.4 is 0 Å². The van der Waals surface area contributed by atoms with Crippen molar-refractivity contribution in [2.24, 2.45) is 5.41 Å². The van der Waals surface area contributed by atoms with Gasteiger partial charge in [-0.1, -0.05) is 12.2 Å². The number of rotatable bonds is 3. The summed E-state index contributed by atoms with van der Waals surface area (Å²) in [4.78, 5) is 19.6. The van der Waals surface area contributed by atoms with Crippen LogP contribution in [0, 0.1) is 5.41 Å². The number of allylic oxidation sites excluding steroid dienone is 1. The molecular weight excluding hydrogens is 228 g/mol. The first kappa shape index (κ1) is 15.2. The average molecular weight is 254 g/mol. The van der Waals surface area contributed by atoms with E-state index < -0.39 is 5.41 Å². The predicted molar refractivity (Wildman–Crippen MR) is 73.0 cm³/mol. The summed E-state index contributed by atoms with van der Waals surface area (Å²) in [6.45, 7) is 13.3. The number of carbonyl (C=O) groups is 1. The largest absolute Gasteiger partial charge is 0.367 e. The molecule has 0 aromatic rings. The SMILES string of the molecule is C/C=C/CN1CCN(OC(=O)C(C)(C)C)C[C@@H]1C. The van der Waals surface area contributed by atoms with Gasteiger partial charge in [-0.15, -0.1) is 5.06 Å². The summed E-state index contributed by atoms with van der Waals surface area (Å²) in [6, 6.07) is 0.405. The minimum absolute atomic E-state index is 0.156. The molecule has 0 radical (unpaired) electrons. The molecule has 0 amide bonds. The third-order valence-electron chi connectivity index (χ3n) is 3.13. The molecule has 0 aromatic heterocycles. The molecule has 0 spiro atoms. The van der Waals surface area contributed by atoms with Crippen LogP contribution in [0.5, 0.6) is 0 Å². The highest BCUT2D eigenvalue weighted by Crippen LogP contribution is 2.18. The lowest BCUT2D eigenvalue weighted by Gasteiger charge is -2.38. The van der Waals surface area contributed by atoms with Gasteiger partial charge >= 0.3 is 5.97 Å². The maximum atomic E-state index is 11.8. The average Bonchev–Trinajstić information content (AvgIpc) is 2.26. The first-order valence-corrected chi connectivity index (χ1v) is 6.67. The van der Waals surface area contributed by atoms with Gasteiger partial charge in [0.2, 0.25) is 0 Å². The van der Waals surface area contributed by atoms with E-state index in [9.17, 15) is 4.79 Å². The second-order valence-corrected chi connectivity index (χ2v) is 5.93. The Labute approximate surface area is 111 Å². The van der Waals surface area contributed by atoms with Gasteiger partial charge in [-0.05, 0) is 34.6 Å². The Hall–Kier alpha value is -0.870. The van der Waals surface area contributed by atoms with Gasteiger partial charge in [0, 0.05) is 25.7 Å². The molecule has 18 heavy (non-hydrogen) atoms. The van der Waals surface area contributed by atoms with Gasteiger partial charge in [0.05, 0.1) is 12.0 Å². The van der Waals surface area contributed by atoms with Crippen LogP contribution in [0.1, 0.15) is 34.6 Å². The van der Waals surface area contributed by atoms with Crippen molar-refractivity contribution in [2.75, 3.05) is 26.2 Å². The van der Waals surface area contributed by atoms with Crippen molar-refractivity contribution in [2.45, 2.75) is 40.7 Å². The quantitative estimate of drug-likeness (QED) is 0.722. The highest BCUT2D eigenvalue weighted by molar-refractivity contribution is 5.75. The molecule has 0 unspecified atom stereocenters. The van der Waals surface area contributed by atoms with Crippen LogP contribution in [0.25, 0.3) is 0 Å².